The predicted molar refractivity (Wildman–Crippen MR) is 72.9 cm³/mol. The monoisotopic (exact) mass is 256 g/mol. The highest BCUT2D eigenvalue weighted by atomic mass is 16.5. The van der Waals surface area contributed by atoms with Crippen molar-refractivity contribution in [2.24, 2.45) is 0 Å². The molecule has 0 spiro atoms. The van der Waals surface area contributed by atoms with Gasteiger partial charge in [-0.1, -0.05) is 0 Å². The van der Waals surface area contributed by atoms with Crippen LogP contribution in [0.25, 0.3) is 0 Å². The summed E-state index contributed by atoms with van der Waals surface area (Å²) in [6, 6.07) is 0.685. The topological polar surface area (TPSA) is 24.9 Å². The highest BCUT2D eigenvalue weighted by Gasteiger charge is 2.29. The van der Waals surface area contributed by atoms with Crippen molar-refractivity contribution in [2.45, 2.75) is 44.9 Å². The van der Waals surface area contributed by atoms with Gasteiger partial charge >= 0.3 is 0 Å². The van der Waals surface area contributed by atoms with Crippen molar-refractivity contribution in [3.8, 4) is 0 Å². The third-order valence-electron chi connectivity index (χ3n) is 4.28. The minimum Gasteiger partial charge on any atom is -0.381 e. The number of ether oxygens (including phenoxy) is 2. The molecule has 0 amide bonds. The molecule has 0 unspecified atom stereocenters. The third kappa shape index (κ3) is 3.92. The Labute approximate surface area is 111 Å². The molecule has 2 fully saturated rings. The van der Waals surface area contributed by atoms with Gasteiger partial charge < -0.3 is 9.47 Å². The molecule has 1 aliphatic carbocycles. The second kappa shape index (κ2) is 6.85. The molecule has 1 saturated heterocycles. The zero-order chi connectivity index (χ0) is 13.0. The molecular weight excluding hydrogens is 228 g/mol. The van der Waals surface area contributed by atoms with Crippen LogP contribution in [0.15, 0.2) is 0 Å². The molecule has 18 heavy (non-hydrogen) atoms. The van der Waals surface area contributed by atoms with Crippen LogP contribution in [0.3, 0.4) is 0 Å². The Bertz CT molecular complexity index is 234. The first-order valence-electron chi connectivity index (χ1n) is 7.30. The molecule has 1 heterocycles. The zero-order valence-corrected chi connectivity index (χ0v) is 12.1. The molecule has 4 heteroatoms. The quantitative estimate of drug-likeness (QED) is 0.713. The maximum Gasteiger partial charge on any atom is 0.0625 e. The molecule has 2 rings (SSSR count). The highest BCUT2D eigenvalue weighted by molar-refractivity contribution is 4.81. The van der Waals surface area contributed by atoms with E-state index in [-0.39, 0.29) is 0 Å². The molecule has 2 aliphatic rings. The normalized spacial score (nSPS) is 30.7. The molecule has 1 aliphatic heterocycles. The zero-order valence-electron chi connectivity index (χ0n) is 12.1. The lowest BCUT2D eigenvalue weighted by Gasteiger charge is -2.38. The largest absolute Gasteiger partial charge is 0.381 e. The molecule has 0 aromatic carbocycles. The minimum absolute atomic E-state index is 0.449. The van der Waals surface area contributed by atoms with E-state index in [2.05, 4.69) is 23.6 Å². The van der Waals surface area contributed by atoms with Crippen molar-refractivity contribution in [3.63, 3.8) is 0 Å². The maximum atomic E-state index is 5.85. The summed E-state index contributed by atoms with van der Waals surface area (Å²) in [6.45, 7) is 11.3. The summed E-state index contributed by atoms with van der Waals surface area (Å²) >= 11 is 0. The van der Waals surface area contributed by atoms with E-state index in [0.717, 1.165) is 26.0 Å². The molecule has 0 N–H and O–H groups in total. The molecular formula is C14H28N2O2. The predicted octanol–water partition coefficient (Wildman–Crippen LogP) is 1.21. The van der Waals surface area contributed by atoms with Gasteiger partial charge in [0.15, 0.2) is 0 Å². The van der Waals surface area contributed by atoms with Crippen LogP contribution in [-0.2, 0) is 9.47 Å². The molecule has 0 radical (unpaired) electrons. The summed E-state index contributed by atoms with van der Waals surface area (Å²) in [5, 5.41) is 0. The van der Waals surface area contributed by atoms with E-state index in [9.17, 15) is 0 Å². The van der Waals surface area contributed by atoms with Gasteiger partial charge in [-0.25, -0.2) is 0 Å². The van der Waals surface area contributed by atoms with Gasteiger partial charge in [0.2, 0.25) is 0 Å². The number of methoxy groups -OCH3 is 1. The van der Waals surface area contributed by atoms with Crippen LogP contribution in [0.4, 0.5) is 0 Å². The Morgan fingerprint density at radius 1 is 1.06 bits per heavy atom. The lowest BCUT2D eigenvalue weighted by molar-refractivity contribution is -0.0907. The van der Waals surface area contributed by atoms with Crippen molar-refractivity contribution in [1.29, 1.82) is 0 Å². The molecule has 1 saturated carbocycles. The fourth-order valence-corrected chi connectivity index (χ4v) is 2.70. The molecule has 106 valence electrons. The first-order valence-corrected chi connectivity index (χ1v) is 7.30. The fraction of sp³-hybridized carbons (Fsp3) is 1.00. The summed E-state index contributed by atoms with van der Waals surface area (Å²) in [5.74, 6) is 0. The van der Waals surface area contributed by atoms with Crippen LogP contribution in [0.5, 0.6) is 0 Å². The van der Waals surface area contributed by atoms with Crippen molar-refractivity contribution in [3.05, 3.63) is 0 Å². The lowest BCUT2D eigenvalue weighted by atomic mass is 9.92. The second-order valence-corrected chi connectivity index (χ2v) is 5.79. The Morgan fingerprint density at radius 2 is 1.72 bits per heavy atom. The summed E-state index contributed by atoms with van der Waals surface area (Å²) in [6.07, 6.45) is 3.06. The van der Waals surface area contributed by atoms with E-state index >= 15 is 0 Å². The van der Waals surface area contributed by atoms with Gasteiger partial charge in [-0.05, 0) is 26.7 Å². The number of piperazine rings is 1. The average Bonchev–Trinajstić information content (AvgIpc) is 2.32. The van der Waals surface area contributed by atoms with Gasteiger partial charge in [0.1, 0.15) is 0 Å². The van der Waals surface area contributed by atoms with Crippen LogP contribution in [-0.4, -0.2) is 74.5 Å². The van der Waals surface area contributed by atoms with E-state index in [1.165, 1.54) is 26.2 Å². The standard InChI is InChI=1S/C14H28N2O2/c1-12(2)16-6-4-15(5-7-16)8-9-18-14-10-13(11-14)17-3/h12-14H,4-11H2,1-3H3. The summed E-state index contributed by atoms with van der Waals surface area (Å²) < 4.78 is 11.1. The number of hydrogen-bond acceptors (Lipinski definition) is 4. The van der Waals surface area contributed by atoms with Gasteiger partial charge in [-0.2, -0.15) is 0 Å². The molecule has 4 nitrogen and oxygen atoms in total. The van der Waals surface area contributed by atoms with E-state index in [1.807, 2.05) is 0 Å². The average molecular weight is 256 g/mol. The van der Waals surface area contributed by atoms with Gasteiger partial charge in [-0.3, -0.25) is 9.80 Å². The summed E-state index contributed by atoms with van der Waals surface area (Å²) in [5.41, 5.74) is 0. The molecule has 0 aromatic heterocycles. The second-order valence-electron chi connectivity index (χ2n) is 5.79. The minimum atomic E-state index is 0.449. The van der Waals surface area contributed by atoms with E-state index in [0.29, 0.717) is 18.2 Å². The van der Waals surface area contributed by atoms with Crippen LogP contribution < -0.4 is 0 Å². The fourth-order valence-electron chi connectivity index (χ4n) is 2.70. The van der Waals surface area contributed by atoms with Crippen molar-refractivity contribution in [1.82, 2.24) is 9.80 Å². The van der Waals surface area contributed by atoms with Crippen molar-refractivity contribution < 1.29 is 9.47 Å². The van der Waals surface area contributed by atoms with E-state index in [1.54, 1.807) is 7.11 Å². The Morgan fingerprint density at radius 3 is 2.28 bits per heavy atom. The maximum absolute atomic E-state index is 5.85. The number of rotatable bonds is 6. The number of hydrogen-bond donors (Lipinski definition) is 0. The highest BCUT2D eigenvalue weighted by Crippen LogP contribution is 2.25. The third-order valence-corrected chi connectivity index (χ3v) is 4.28. The van der Waals surface area contributed by atoms with E-state index in [4.69, 9.17) is 9.47 Å². The first-order chi connectivity index (χ1) is 8.69. The van der Waals surface area contributed by atoms with Crippen LogP contribution in [0.1, 0.15) is 26.7 Å². The van der Waals surface area contributed by atoms with Gasteiger partial charge in [0, 0.05) is 45.9 Å². The summed E-state index contributed by atoms with van der Waals surface area (Å²) in [7, 11) is 1.79. The van der Waals surface area contributed by atoms with Crippen LogP contribution in [0, 0.1) is 0 Å². The van der Waals surface area contributed by atoms with Crippen molar-refractivity contribution in [2.75, 3.05) is 46.4 Å². The molecule has 0 aromatic rings. The van der Waals surface area contributed by atoms with Gasteiger partial charge in [-0.15, -0.1) is 0 Å². The smallest absolute Gasteiger partial charge is 0.0625 e. The lowest BCUT2D eigenvalue weighted by Crippen LogP contribution is -2.49. The van der Waals surface area contributed by atoms with Gasteiger partial charge in [0.05, 0.1) is 18.8 Å². The Hall–Kier alpha value is -0.160. The van der Waals surface area contributed by atoms with Crippen LogP contribution in [0.2, 0.25) is 0 Å². The van der Waals surface area contributed by atoms with E-state index < -0.39 is 0 Å². The van der Waals surface area contributed by atoms with Crippen LogP contribution >= 0.6 is 0 Å². The summed E-state index contributed by atoms with van der Waals surface area (Å²) in [4.78, 5) is 5.07. The first kappa shape index (κ1) is 14.3. The van der Waals surface area contributed by atoms with Gasteiger partial charge in [0.25, 0.3) is 0 Å². The Kier molecular flexibility index (Phi) is 5.42. The SMILES string of the molecule is COC1CC(OCCN2CCN(C(C)C)CC2)C1. The molecule has 0 bridgehead atoms. The Balaban J connectivity index is 1.51. The number of nitrogens with zero attached hydrogens (tertiary/aromatic N) is 2. The molecule has 0 atom stereocenters. The van der Waals surface area contributed by atoms with Crippen molar-refractivity contribution >= 4 is 0 Å².